The molecule has 0 fully saturated rings. The number of ketones is 1. The van der Waals surface area contributed by atoms with E-state index in [9.17, 15) is 9.59 Å². The van der Waals surface area contributed by atoms with Crippen LogP contribution in [0.4, 0.5) is 0 Å². The molecule has 0 aliphatic carbocycles. The first-order chi connectivity index (χ1) is 9.86. The Morgan fingerprint density at radius 1 is 1.33 bits per heavy atom. The largest absolute Gasteiger partial charge is 0.493 e. The van der Waals surface area contributed by atoms with Crippen LogP contribution < -0.4 is 4.74 Å². The molecule has 0 saturated heterocycles. The molecule has 0 unspecified atom stereocenters. The van der Waals surface area contributed by atoms with E-state index in [1.165, 1.54) is 6.07 Å². The molecule has 114 valence electrons. The fraction of sp³-hybridized carbons (Fsp3) is 0.375. The minimum atomic E-state index is -1.18. The van der Waals surface area contributed by atoms with Crippen molar-refractivity contribution in [3.05, 3.63) is 40.4 Å². The van der Waals surface area contributed by atoms with Crippen molar-refractivity contribution in [3.8, 4) is 5.75 Å². The van der Waals surface area contributed by atoms with Crippen molar-refractivity contribution >= 4 is 23.4 Å². The minimum absolute atomic E-state index is 0.130. The van der Waals surface area contributed by atoms with Crippen LogP contribution in [0.15, 0.2) is 24.3 Å². The summed E-state index contributed by atoms with van der Waals surface area (Å²) in [6.45, 7) is 6.40. The molecule has 0 aliphatic rings. The monoisotopic (exact) mass is 310 g/mol. The second-order valence-corrected chi connectivity index (χ2v) is 5.35. The van der Waals surface area contributed by atoms with Gasteiger partial charge in [0.25, 0.3) is 0 Å². The molecule has 0 heterocycles. The van der Waals surface area contributed by atoms with Crippen LogP contribution in [-0.2, 0) is 4.79 Å². The van der Waals surface area contributed by atoms with E-state index in [0.717, 1.165) is 24.1 Å². The van der Waals surface area contributed by atoms with Gasteiger partial charge in [-0.05, 0) is 36.1 Å². The summed E-state index contributed by atoms with van der Waals surface area (Å²) in [5.74, 6) is -1.000. The number of aliphatic carboxylic acids is 1. The van der Waals surface area contributed by atoms with Crippen molar-refractivity contribution in [2.75, 3.05) is 6.61 Å². The van der Waals surface area contributed by atoms with Gasteiger partial charge in [0, 0.05) is 11.1 Å². The third-order valence-electron chi connectivity index (χ3n) is 2.80. The van der Waals surface area contributed by atoms with E-state index in [0.29, 0.717) is 17.4 Å². The summed E-state index contributed by atoms with van der Waals surface area (Å²) < 4.78 is 5.70. The number of allylic oxidation sites excluding steroid dienone is 1. The van der Waals surface area contributed by atoms with Crippen LogP contribution in [0.25, 0.3) is 0 Å². The van der Waals surface area contributed by atoms with Gasteiger partial charge in [-0.25, -0.2) is 4.79 Å². The number of rotatable bonds is 7. The van der Waals surface area contributed by atoms with Crippen LogP contribution in [0, 0.1) is 0 Å². The standard InChI is InChI=1S/C16H19ClO4/c1-4-7-21-16-12(10(2)3)8-11(17)9-13(16)14(18)5-6-15(19)20/h5-6,8-10H,4,7H2,1-3H3,(H,19,20)/b6-5+. The van der Waals surface area contributed by atoms with Crippen LogP contribution in [0.1, 0.15) is 49.0 Å². The van der Waals surface area contributed by atoms with E-state index in [1.807, 2.05) is 20.8 Å². The fourth-order valence-corrected chi connectivity index (χ4v) is 2.06. The maximum Gasteiger partial charge on any atom is 0.328 e. The van der Waals surface area contributed by atoms with Crippen LogP contribution in [0.5, 0.6) is 5.75 Å². The lowest BCUT2D eigenvalue weighted by Gasteiger charge is -2.17. The quantitative estimate of drug-likeness (QED) is 0.609. The number of carbonyl (C=O) groups excluding carboxylic acids is 1. The molecule has 1 rings (SSSR count). The molecule has 0 aromatic heterocycles. The number of carboxylic acid groups (broad SMARTS) is 1. The molecule has 0 aliphatic heterocycles. The van der Waals surface area contributed by atoms with Gasteiger partial charge in [0.05, 0.1) is 12.2 Å². The Kier molecular flexibility index (Phi) is 6.43. The number of halogens is 1. The van der Waals surface area contributed by atoms with E-state index < -0.39 is 11.8 Å². The first-order valence-corrected chi connectivity index (χ1v) is 7.16. The summed E-state index contributed by atoms with van der Waals surface area (Å²) in [6.07, 6.45) is 2.62. The maximum atomic E-state index is 12.2. The molecule has 0 radical (unpaired) electrons. The molecule has 0 atom stereocenters. The highest BCUT2D eigenvalue weighted by Gasteiger charge is 2.18. The highest BCUT2D eigenvalue weighted by molar-refractivity contribution is 6.31. The molecular formula is C16H19ClO4. The fourth-order valence-electron chi connectivity index (χ4n) is 1.83. The van der Waals surface area contributed by atoms with Crippen molar-refractivity contribution in [2.45, 2.75) is 33.1 Å². The van der Waals surface area contributed by atoms with Gasteiger partial charge in [-0.15, -0.1) is 0 Å². The van der Waals surface area contributed by atoms with Gasteiger partial charge in [-0.1, -0.05) is 32.4 Å². The Hall–Kier alpha value is -1.81. The SMILES string of the molecule is CCCOc1c(C(=O)/C=C/C(=O)O)cc(Cl)cc1C(C)C. The van der Waals surface area contributed by atoms with E-state index in [2.05, 4.69) is 0 Å². The predicted molar refractivity (Wildman–Crippen MR) is 82.4 cm³/mol. The van der Waals surface area contributed by atoms with E-state index in [1.54, 1.807) is 6.07 Å². The summed E-state index contributed by atoms with van der Waals surface area (Å²) in [5, 5.41) is 9.05. The average molecular weight is 311 g/mol. The van der Waals surface area contributed by atoms with Crippen LogP contribution in [0.3, 0.4) is 0 Å². The van der Waals surface area contributed by atoms with E-state index >= 15 is 0 Å². The summed E-state index contributed by atoms with van der Waals surface area (Å²) in [6, 6.07) is 3.28. The Morgan fingerprint density at radius 3 is 2.52 bits per heavy atom. The van der Waals surface area contributed by atoms with Crippen molar-refractivity contribution < 1.29 is 19.4 Å². The Labute approximate surface area is 129 Å². The molecular weight excluding hydrogens is 292 g/mol. The van der Waals surface area contributed by atoms with Crippen LogP contribution >= 0.6 is 11.6 Å². The minimum Gasteiger partial charge on any atom is -0.493 e. The molecule has 0 saturated carbocycles. The molecule has 1 N–H and O–H groups in total. The van der Waals surface area contributed by atoms with Gasteiger partial charge < -0.3 is 9.84 Å². The highest BCUT2D eigenvalue weighted by atomic mass is 35.5. The van der Waals surface area contributed by atoms with Gasteiger partial charge in [0.15, 0.2) is 5.78 Å². The number of hydrogen-bond acceptors (Lipinski definition) is 3. The molecule has 0 spiro atoms. The van der Waals surface area contributed by atoms with Gasteiger partial charge in [-0.3, -0.25) is 4.79 Å². The van der Waals surface area contributed by atoms with Gasteiger partial charge in [-0.2, -0.15) is 0 Å². The summed E-state index contributed by atoms with van der Waals surface area (Å²) >= 11 is 6.06. The van der Waals surface area contributed by atoms with Gasteiger partial charge >= 0.3 is 5.97 Å². The van der Waals surface area contributed by atoms with Crippen molar-refractivity contribution in [1.82, 2.24) is 0 Å². The van der Waals surface area contributed by atoms with Gasteiger partial charge in [0.1, 0.15) is 5.75 Å². The lowest BCUT2D eigenvalue weighted by molar-refractivity contribution is -0.131. The topological polar surface area (TPSA) is 63.6 Å². The number of carbonyl (C=O) groups is 2. The lowest BCUT2D eigenvalue weighted by atomic mass is 9.97. The van der Waals surface area contributed by atoms with Crippen LogP contribution in [-0.4, -0.2) is 23.5 Å². The highest BCUT2D eigenvalue weighted by Crippen LogP contribution is 2.34. The molecule has 1 aromatic carbocycles. The molecule has 5 heteroatoms. The molecule has 0 bridgehead atoms. The Morgan fingerprint density at radius 2 is 2.00 bits per heavy atom. The van der Waals surface area contributed by atoms with Crippen molar-refractivity contribution in [3.63, 3.8) is 0 Å². The van der Waals surface area contributed by atoms with E-state index in [-0.39, 0.29) is 11.5 Å². The maximum absolute atomic E-state index is 12.2. The zero-order valence-electron chi connectivity index (χ0n) is 12.4. The second kappa shape index (κ2) is 7.84. The third kappa shape index (κ3) is 4.90. The van der Waals surface area contributed by atoms with Crippen molar-refractivity contribution in [2.24, 2.45) is 0 Å². The number of ether oxygens (including phenoxy) is 1. The number of benzene rings is 1. The summed E-state index contributed by atoms with van der Waals surface area (Å²) in [4.78, 5) is 22.7. The first kappa shape index (κ1) is 17.2. The zero-order valence-corrected chi connectivity index (χ0v) is 13.1. The average Bonchev–Trinajstić information content (AvgIpc) is 2.42. The number of hydrogen-bond donors (Lipinski definition) is 1. The van der Waals surface area contributed by atoms with Crippen molar-refractivity contribution in [1.29, 1.82) is 0 Å². The molecule has 0 amide bonds. The summed E-state index contributed by atoms with van der Waals surface area (Å²) in [5.41, 5.74) is 1.13. The first-order valence-electron chi connectivity index (χ1n) is 6.78. The Balaban J connectivity index is 3.33. The second-order valence-electron chi connectivity index (χ2n) is 4.91. The lowest BCUT2D eigenvalue weighted by Crippen LogP contribution is -2.07. The Bertz CT molecular complexity index is 562. The van der Waals surface area contributed by atoms with Crippen LogP contribution in [0.2, 0.25) is 5.02 Å². The third-order valence-corrected chi connectivity index (χ3v) is 3.02. The molecule has 21 heavy (non-hydrogen) atoms. The zero-order chi connectivity index (χ0) is 16.0. The molecule has 4 nitrogen and oxygen atoms in total. The normalized spacial score (nSPS) is 11.1. The summed E-state index contributed by atoms with van der Waals surface area (Å²) in [7, 11) is 0. The smallest absolute Gasteiger partial charge is 0.328 e. The number of carboxylic acids is 1. The predicted octanol–water partition coefficient (Wildman–Crippen LogP) is 4.08. The molecule has 1 aromatic rings. The van der Waals surface area contributed by atoms with E-state index in [4.69, 9.17) is 21.4 Å². The van der Waals surface area contributed by atoms with Gasteiger partial charge in [0.2, 0.25) is 0 Å².